The topological polar surface area (TPSA) is 92.8 Å². The van der Waals surface area contributed by atoms with Gasteiger partial charge in [-0.25, -0.2) is 4.79 Å². The van der Waals surface area contributed by atoms with Gasteiger partial charge >= 0.3 is 5.97 Å². The van der Waals surface area contributed by atoms with Gasteiger partial charge in [0.1, 0.15) is 0 Å². The third-order valence-electron chi connectivity index (χ3n) is 3.58. The molecule has 0 spiro atoms. The number of nitrogens with one attached hydrogen (secondary N) is 1. The number of hydrogen-bond acceptors (Lipinski definition) is 6. The van der Waals surface area contributed by atoms with Crippen molar-refractivity contribution >= 4 is 34.8 Å². The molecule has 1 N–H and O–H groups in total. The Morgan fingerprint density at radius 1 is 1.25 bits per heavy atom. The molecule has 0 bridgehead atoms. The number of carbonyl (C=O) groups is 4. The molecule has 0 aliphatic carbocycles. The summed E-state index contributed by atoms with van der Waals surface area (Å²) in [5.41, 5.74) is 2.41. The van der Waals surface area contributed by atoms with Crippen molar-refractivity contribution in [3.63, 3.8) is 0 Å². The van der Waals surface area contributed by atoms with E-state index >= 15 is 0 Å². The second-order valence-electron chi connectivity index (χ2n) is 5.33. The highest BCUT2D eigenvalue weighted by Gasteiger charge is 2.29. The first-order valence-electron chi connectivity index (χ1n) is 7.36. The summed E-state index contributed by atoms with van der Waals surface area (Å²) in [6.45, 7) is 3.65. The molecule has 0 atom stereocenters. The lowest BCUT2D eigenvalue weighted by Crippen LogP contribution is -2.38. The Balaban J connectivity index is 1.72. The number of carbonyl (C=O) groups excluding carboxylic acids is 4. The normalized spacial score (nSPS) is 14.0. The van der Waals surface area contributed by atoms with Gasteiger partial charge in [-0.2, -0.15) is 0 Å². The van der Waals surface area contributed by atoms with Crippen LogP contribution in [0, 0.1) is 13.8 Å². The highest BCUT2D eigenvalue weighted by molar-refractivity contribution is 8.14. The lowest BCUT2D eigenvalue weighted by Gasteiger charge is -2.13. The number of hydrogen-bond donors (Lipinski definition) is 1. The van der Waals surface area contributed by atoms with E-state index in [1.54, 1.807) is 12.1 Å². The highest BCUT2D eigenvalue weighted by Crippen LogP contribution is 2.17. The van der Waals surface area contributed by atoms with Gasteiger partial charge in [0.2, 0.25) is 5.91 Å². The molecule has 0 saturated carbocycles. The predicted octanol–water partition coefficient (Wildman–Crippen LogP) is 1.27. The van der Waals surface area contributed by atoms with Gasteiger partial charge in [0.15, 0.2) is 6.61 Å². The summed E-state index contributed by atoms with van der Waals surface area (Å²) < 4.78 is 4.95. The molecule has 1 saturated heterocycles. The van der Waals surface area contributed by atoms with Crippen molar-refractivity contribution in [2.45, 2.75) is 13.8 Å². The van der Waals surface area contributed by atoms with E-state index in [1.165, 1.54) is 0 Å². The molecule has 0 aromatic heterocycles. The Morgan fingerprint density at radius 3 is 2.62 bits per heavy atom. The number of thioether (sulfide) groups is 1. The van der Waals surface area contributed by atoms with Gasteiger partial charge < -0.3 is 10.1 Å². The third-order valence-corrected chi connectivity index (χ3v) is 4.43. The summed E-state index contributed by atoms with van der Waals surface area (Å²) >= 11 is 0.942. The fourth-order valence-electron chi connectivity index (χ4n) is 2.04. The van der Waals surface area contributed by atoms with Crippen molar-refractivity contribution in [2.75, 3.05) is 25.4 Å². The van der Waals surface area contributed by atoms with E-state index in [0.29, 0.717) is 5.56 Å². The van der Waals surface area contributed by atoms with Crippen LogP contribution in [0.4, 0.5) is 4.79 Å². The average molecular weight is 350 g/mol. The highest BCUT2D eigenvalue weighted by atomic mass is 32.2. The maximum Gasteiger partial charge on any atom is 0.338 e. The van der Waals surface area contributed by atoms with Crippen LogP contribution < -0.4 is 5.32 Å². The monoisotopic (exact) mass is 350 g/mol. The maximum atomic E-state index is 11.9. The van der Waals surface area contributed by atoms with Crippen molar-refractivity contribution in [3.05, 3.63) is 34.9 Å². The molecule has 1 aliphatic rings. The Bertz CT molecular complexity index is 673. The number of rotatable bonds is 6. The van der Waals surface area contributed by atoms with Crippen LogP contribution in [-0.4, -0.2) is 53.4 Å². The van der Waals surface area contributed by atoms with Crippen molar-refractivity contribution in [1.82, 2.24) is 10.2 Å². The van der Waals surface area contributed by atoms with Crippen molar-refractivity contribution < 1.29 is 23.9 Å². The van der Waals surface area contributed by atoms with Crippen molar-refractivity contribution in [1.29, 1.82) is 0 Å². The van der Waals surface area contributed by atoms with E-state index < -0.39 is 18.5 Å². The van der Waals surface area contributed by atoms with Gasteiger partial charge in [0.25, 0.3) is 11.1 Å². The summed E-state index contributed by atoms with van der Waals surface area (Å²) in [6, 6.07) is 5.16. The minimum Gasteiger partial charge on any atom is -0.452 e. The Morgan fingerprint density at radius 2 is 2.00 bits per heavy atom. The summed E-state index contributed by atoms with van der Waals surface area (Å²) in [5.74, 6) is -1.19. The molecule has 1 aliphatic heterocycles. The van der Waals surface area contributed by atoms with E-state index in [0.717, 1.165) is 27.8 Å². The van der Waals surface area contributed by atoms with E-state index in [-0.39, 0.29) is 30.0 Å². The molecule has 7 nitrogen and oxygen atoms in total. The Kier molecular flexibility index (Phi) is 5.97. The van der Waals surface area contributed by atoms with E-state index in [4.69, 9.17) is 4.74 Å². The fourth-order valence-corrected chi connectivity index (χ4v) is 2.79. The molecule has 128 valence electrons. The van der Waals surface area contributed by atoms with Gasteiger partial charge in [0.05, 0.1) is 11.3 Å². The predicted molar refractivity (Wildman–Crippen MR) is 88.8 cm³/mol. The SMILES string of the molecule is Cc1ccc(C(=O)OCC(=O)NCCN2C(=O)CSC2=O)cc1C. The lowest BCUT2D eigenvalue weighted by molar-refractivity contribution is -0.126. The largest absolute Gasteiger partial charge is 0.452 e. The zero-order valence-corrected chi connectivity index (χ0v) is 14.3. The molecule has 8 heteroatoms. The second kappa shape index (κ2) is 7.96. The smallest absolute Gasteiger partial charge is 0.338 e. The molecule has 3 amide bonds. The molecule has 1 fully saturated rings. The number of aryl methyl sites for hydroxylation is 2. The molecule has 0 unspecified atom stereocenters. The van der Waals surface area contributed by atoms with Crippen molar-refractivity contribution in [3.8, 4) is 0 Å². The summed E-state index contributed by atoms with van der Waals surface area (Å²) in [6.07, 6.45) is 0. The number of benzene rings is 1. The van der Waals surface area contributed by atoms with E-state index in [2.05, 4.69) is 5.32 Å². The van der Waals surface area contributed by atoms with E-state index in [9.17, 15) is 19.2 Å². The first kappa shape index (κ1) is 18.0. The number of ether oxygens (including phenoxy) is 1. The van der Waals surface area contributed by atoms with Crippen LogP contribution in [0.2, 0.25) is 0 Å². The number of imide groups is 1. The molecule has 24 heavy (non-hydrogen) atoms. The molecule has 1 aromatic rings. The first-order valence-corrected chi connectivity index (χ1v) is 8.35. The van der Waals surface area contributed by atoms with Crippen LogP contribution >= 0.6 is 11.8 Å². The molecule has 2 rings (SSSR count). The molecular weight excluding hydrogens is 332 g/mol. The number of amides is 3. The van der Waals surface area contributed by atoms with Crippen LogP contribution in [0.1, 0.15) is 21.5 Å². The van der Waals surface area contributed by atoms with E-state index in [1.807, 2.05) is 19.9 Å². The van der Waals surface area contributed by atoms with Crippen molar-refractivity contribution in [2.24, 2.45) is 0 Å². The Hall–Kier alpha value is -2.35. The number of nitrogens with zero attached hydrogens (tertiary/aromatic N) is 1. The van der Waals surface area contributed by atoms with Crippen LogP contribution in [0.5, 0.6) is 0 Å². The van der Waals surface area contributed by atoms with Crippen LogP contribution in [0.25, 0.3) is 0 Å². The fraction of sp³-hybridized carbons (Fsp3) is 0.375. The van der Waals surface area contributed by atoms with Gasteiger partial charge in [-0.15, -0.1) is 0 Å². The van der Waals surface area contributed by atoms with Crippen LogP contribution in [0.15, 0.2) is 18.2 Å². The quantitative estimate of drug-likeness (QED) is 0.777. The summed E-state index contributed by atoms with van der Waals surface area (Å²) in [5, 5.41) is 2.20. The van der Waals surface area contributed by atoms with Gasteiger partial charge in [0, 0.05) is 13.1 Å². The minimum absolute atomic E-state index is 0.113. The van der Waals surface area contributed by atoms with Gasteiger partial charge in [-0.1, -0.05) is 17.8 Å². The number of esters is 1. The maximum absolute atomic E-state index is 11.9. The molecule has 1 aromatic carbocycles. The summed E-state index contributed by atoms with van der Waals surface area (Å²) in [4.78, 5) is 47.4. The summed E-state index contributed by atoms with van der Waals surface area (Å²) in [7, 11) is 0. The molecular formula is C16H18N2O5S. The average Bonchev–Trinajstić information content (AvgIpc) is 2.87. The standard InChI is InChI=1S/C16H18N2O5S/c1-10-3-4-12(7-11(10)2)15(21)23-8-13(19)17-5-6-18-14(20)9-24-16(18)22/h3-4,7H,5-6,8-9H2,1-2H3,(H,17,19). The first-order chi connectivity index (χ1) is 11.4. The van der Waals surface area contributed by atoms with Crippen LogP contribution in [0.3, 0.4) is 0 Å². The second-order valence-corrected chi connectivity index (χ2v) is 6.25. The lowest BCUT2D eigenvalue weighted by atomic mass is 10.1. The molecule has 1 heterocycles. The zero-order chi connectivity index (χ0) is 17.7. The van der Waals surface area contributed by atoms with Crippen LogP contribution in [-0.2, 0) is 14.3 Å². The van der Waals surface area contributed by atoms with Gasteiger partial charge in [-0.05, 0) is 37.1 Å². The zero-order valence-electron chi connectivity index (χ0n) is 13.5. The Labute approximate surface area is 143 Å². The van der Waals surface area contributed by atoms with Gasteiger partial charge in [-0.3, -0.25) is 19.3 Å². The molecule has 0 radical (unpaired) electrons. The minimum atomic E-state index is -0.574. The third kappa shape index (κ3) is 4.58.